The summed E-state index contributed by atoms with van der Waals surface area (Å²) in [5.74, 6) is 0.127. The average molecular weight is 853 g/mol. The summed E-state index contributed by atoms with van der Waals surface area (Å²) in [5, 5.41) is 36.2. The van der Waals surface area contributed by atoms with Crippen molar-refractivity contribution in [3.63, 3.8) is 0 Å². The topological polar surface area (TPSA) is 136 Å². The molecule has 0 aliphatic rings. The predicted molar refractivity (Wildman–Crippen MR) is 248 cm³/mol. The van der Waals surface area contributed by atoms with Crippen LogP contribution in [0.3, 0.4) is 0 Å². The molecule has 0 aliphatic carbocycles. The zero-order valence-electron chi connectivity index (χ0n) is 35.8. The molecular formula is C54H48N2O8. The van der Waals surface area contributed by atoms with E-state index >= 15 is 0 Å². The Morgan fingerprint density at radius 1 is 0.391 bits per heavy atom. The van der Waals surface area contributed by atoms with Crippen molar-refractivity contribution in [3.05, 3.63) is 215 Å². The first-order valence-corrected chi connectivity index (χ1v) is 20.7. The molecule has 10 nitrogen and oxygen atoms in total. The van der Waals surface area contributed by atoms with Crippen LogP contribution in [0.5, 0.6) is 23.0 Å². The third-order valence-corrected chi connectivity index (χ3v) is 12.0. The zero-order chi connectivity index (χ0) is 44.8. The van der Waals surface area contributed by atoms with E-state index in [9.17, 15) is 19.8 Å². The number of carbonyl (C=O) groups excluding carboxylic acids is 2. The SMILES string of the molecule is COc1ccc(C(O)(c2ccc(OC)cc2)[C@H](NC(=O)C(=O)N[C@H](c2cccc3ccccc23)C(O)(c2ccc(OC)cc2)c2ccc(OC)cc2)c2cccc3ccccc23)cc1. The van der Waals surface area contributed by atoms with Crippen LogP contribution in [0.25, 0.3) is 21.5 Å². The van der Waals surface area contributed by atoms with Gasteiger partial charge in [-0.15, -0.1) is 0 Å². The number of rotatable bonds is 14. The molecule has 0 aliphatic heterocycles. The van der Waals surface area contributed by atoms with Crippen molar-refractivity contribution in [1.82, 2.24) is 10.6 Å². The number of hydrogen-bond donors (Lipinski definition) is 4. The van der Waals surface area contributed by atoms with Crippen LogP contribution in [-0.2, 0) is 20.8 Å². The maximum atomic E-state index is 15.0. The van der Waals surface area contributed by atoms with Crippen LogP contribution in [-0.4, -0.2) is 50.5 Å². The fourth-order valence-corrected chi connectivity index (χ4v) is 8.59. The minimum Gasteiger partial charge on any atom is -0.497 e. The van der Waals surface area contributed by atoms with Gasteiger partial charge >= 0.3 is 11.8 Å². The van der Waals surface area contributed by atoms with Crippen molar-refractivity contribution in [1.29, 1.82) is 0 Å². The minimum absolute atomic E-state index is 0.416. The Morgan fingerprint density at radius 3 is 0.938 bits per heavy atom. The molecule has 0 fully saturated rings. The first-order chi connectivity index (χ1) is 31.1. The van der Waals surface area contributed by atoms with Crippen molar-refractivity contribution >= 4 is 33.4 Å². The molecule has 0 aromatic heterocycles. The minimum atomic E-state index is -1.99. The molecule has 8 aromatic rings. The summed E-state index contributed by atoms with van der Waals surface area (Å²) in [6.07, 6.45) is 0. The summed E-state index contributed by atoms with van der Waals surface area (Å²) in [5.41, 5.74) is -1.21. The van der Waals surface area contributed by atoms with Crippen molar-refractivity contribution in [2.45, 2.75) is 23.3 Å². The third-order valence-electron chi connectivity index (χ3n) is 12.0. The molecule has 0 saturated heterocycles. The quantitative estimate of drug-likeness (QED) is 0.0798. The molecule has 4 N–H and O–H groups in total. The maximum absolute atomic E-state index is 15.0. The normalized spacial score (nSPS) is 12.5. The number of fused-ring (bicyclic) bond motifs is 2. The zero-order valence-corrected chi connectivity index (χ0v) is 35.8. The lowest BCUT2D eigenvalue weighted by Crippen LogP contribution is -2.52. The van der Waals surface area contributed by atoms with Gasteiger partial charge in [0, 0.05) is 0 Å². The van der Waals surface area contributed by atoms with Gasteiger partial charge in [0.2, 0.25) is 0 Å². The van der Waals surface area contributed by atoms with Gasteiger partial charge in [0.15, 0.2) is 0 Å². The molecule has 2 amide bonds. The summed E-state index contributed by atoms with van der Waals surface area (Å²) < 4.78 is 21.9. The molecule has 8 rings (SSSR count). The first-order valence-electron chi connectivity index (χ1n) is 20.7. The van der Waals surface area contributed by atoms with E-state index in [4.69, 9.17) is 18.9 Å². The van der Waals surface area contributed by atoms with Crippen molar-refractivity contribution < 1.29 is 38.7 Å². The van der Waals surface area contributed by atoms with Gasteiger partial charge in [0.1, 0.15) is 34.2 Å². The summed E-state index contributed by atoms with van der Waals surface area (Å²) in [6, 6.07) is 51.7. The molecule has 0 spiro atoms. The molecule has 8 aromatic carbocycles. The molecule has 0 radical (unpaired) electrons. The molecule has 2 atom stereocenters. The van der Waals surface area contributed by atoms with Gasteiger partial charge < -0.3 is 39.8 Å². The molecule has 64 heavy (non-hydrogen) atoms. The maximum Gasteiger partial charge on any atom is 0.309 e. The Hall–Kier alpha value is -7.66. The Kier molecular flexibility index (Phi) is 12.3. The van der Waals surface area contributed by atoms with Crippen LogP contribution >= 0.6 is 0 Å². The van der Waals surface area contributed by atoms with E-state index < -0.39 is 35.1 Å². The summed E-state index contributed by atoms with van der Waals surface area (Å²) >= 11 is 0. The smallest absolute Gasteiger partial charge is 0.309 e. The fraction of sp³-hybridized carbons (Fsp3) is 0.148. The number of hydrogen-bond acceptors (Lipinski definition) is 8. The van der Waals surface area contributed by atoms with Crippen LogP contribution in [0.4, 0.5) is 0 Å². The molecule has 0 bridgehead atoms. The van der Waals surface area contributed by atoms with E-state index in [1.54, 1.807) is 126 Å². The number of ether oxygens (including phenoxy) is 4. The van der Waals surface area contributed by atoms with E-state index in [1.807, 2.05) is 84.9 Å². The molecule has 10 heteroatoms. The van der Waals surface area contributed by atoms with Gasteiger partial charge in [-0.05, 0) is 103 Å². The molecule has 0 heterocycles. The monoisotopic (exact) mass is 852 g/mol. The second-order valence-corrected chi connectivity index (χ2v) is 15.4. The summed E-state index contributed by atoms with van der Waals surface area (Å²) in [7, 11) is 6.22. The second kappa shape index (κ2) is 18.4. The van der Waals surface area contributed by atoms with Gasteiger partial charge in [-0.25, -0.2) is 0 Å². The summed E-state index contributed by atoms with van der Waals surface area (Å²) in [4.78, 5) is 30.0. The highest BCUT2D eigenvalue weighted by molar-refractivity contribution is 6.35. The first kappa shape index (κ1) is 43.0. The van der Waals surface area contributed by atoms with Crippen LogP contribution in [0.15, 0.2) is 182 Å². The lowest BCUT2D eigenvalue weighted by atomic mass is 9.76. The summed E-state index contributed by atoms with van der Waals surface area (Å²) in [6.45, 7) is 0. The van der Waals surface area contributed by atoms with Gasteiger partial charge in [-0.2, -0.15) is 0 Å². The van der Waals surface area contributed by atoms with Gasteiger partial charge in [0.05, 0.1) is 40.5 Å². The number of methoxy groups -OCH3 is 4. The van der Waals surface area contributed by atoms with E-state index in [0.29, 0.717) is 56.4 Å². The van der Waals surface area contributed by atoms with Crippen LogP contribution < -0.4 is 29.6 Å². The number of nitrogens with one attached hydrogen (secondary N) is 2. The predicted octanol–water partition coefficient (Wildman–Crippen LogP) is 8.91. The van der Waals surface area contributed by atoms with Crippen molar-refractivity contribution in [2.75, 3.05) is 28.4 Å². The van der Waals surface area contributed by atoms with Gasteiger partial charge in [-0.1, -0.05) is 133 Å². The number of benzene rings is 8. The molecular weight excluding hydrogens is 805 g/mol. The number of carbonyl (C=O) groups is 2. The van der Waals surface area contributed by atoms with Crippen molar-refractivity contribution in [2.24, 2.45) is 0 Å². The number of aliphatic hydroxyl groups is 2. The second-order valence-electron chi connectivity index (χ2n) is 15.4. The van der Waals surface area contributed by atoms with E-state index in [-0.39, 0.29) is 0 Å². The highest BCUT2D eigenvalue weighted by Crippen LogP contribution is 2.46. The van der Waals surface area contributed by atoms with E-state index in [2.05, 4.69) is 10.6 Å². The Labute approximate surface area is 371 Å². The van der Waals surface area contributed by atoms with E-state index in [0.717, 1.165) is 21.5 Å². The molecule has 0 unspecified atom stereocenters. The van der Waals surface area contributed by atoms with Crippen LogP contribution in [0.1, 0.15) is 45.5 Å². The van der Waals surface area contributed by atoms with E-state index in [1.165, 1.54) is 0 Å². The standard InChI is InChI=1S/C54H48N2O8/c1-61-41-27-19-37(20-28-41)53(59,38-21-29-42(62-2)30-22-38)49(47-17-9-13-35-11-5-7-15-45(35)47)55-51(57)52(58)56-50(48-18-10-14-36-12-6-8-16-46(36)48)54(60,39-23-31-43(63-3)32-24-39)40-25-33-44(64-4)34-26-40/h5-34,49-50,59-60H,1-4H3,(H,55,57)(H,56,58)/t49-,50-/m1/s1. The van der Waals surface area contributed by atoms with Gasteiger partial charge in [0.25, 0.3) is 0 Å². The lowest BCUT2D eigenvalue weighted by Gasteiger charge is -2.40. The van der Waals surface area contributed by atoms with Crippen LogP contribution in [0, 0.1) is 0 Å². The highest BCUT2D eigenvalue weighted by atomic mass is 16.5. The molecule has 0 saturated carbocycles. The molecule has 322 valence electrons. The Morgan fingerprint density at radius 2 is 0.656 bits per heavy atom. The lowest BCUT2D eigenvalue weighted by molar-refractivity contribution is -0.142. The highest BCUT2D eigenvalue weighted by Gasteiger charge is 2.46. The number of amides is 2. The van der Waals surface area contributed by atoms with Crippen LogP contribution in [0.2, 0.25) is 0 Å². The largest absolute Gasteiger partial charge is 0.497 e. The average Bonchev–Trinajstić information content (AvgIpc) is 3.36. The third kappa shape index (κ3) is 8.08. The fourth-order valence-electron chi connectivity index (χ4n) is 8.59. The van der Waals surface area contributed by atoms with Gasteiger partial charge in [-0.3, -0.25) is 9.59 Å². The van der Waals surface area contributed by atoms with Crippen molar-refractivity contribution in [3.8, 4) is 23.0 Å². The Balaban J connectivity index is 1.29. The Bertz CT molecular complexity index is 2590.